The standard InChI is InChI=1S/C18H25FN4OS/c1-4-20-18(21-9-8-17-23-13(2)14(3)25-17)22-10-11-24-16-7-5-6-15(19)12-16/h5-7,12H,4,8-11H2,1-3H3,(H2,20,21,22). The minimum Gasteiger partial charge on any atom is -0.492 e. The van der Waals surface area contributed by atoms with Crippen LogP contribution in [-0.2, 0) is 6.42 Å². The molecule has 0 unspecified atom stereocenters. The van der Waals surface area contributed by atoms with Crippen LogP contribution in [0.5, 0.6) is 5.75 Å². The number of aliphatic imine (C=N–C) groups is 1. The summed E-state index contributed by atoms with van der Waals surface area (Å²) in [5.41, 5.74) is 1.10. The largest absolute Gasteiger partial charge is 0.492 e. The van der Waals surface area contributed by atoms with E-state index in [9.17, 15) is 4.39 Å². The topological polar surface area (TPSA) is 58.5 Å². The highest BCUT2D eigenvalue weighted by molar-refractivity contribution is 7.11. The van der Waals surface area contributed by atoms with E-state index in [-0.39, 0.29) is 5.82 Å². The fourth-order valence-electron chi connectivity index (χ4n) is 2.15. The van der Waals surface area contributed by atoms with Crippen LogP contribution in [0.2, 0.25) is 0 Å². The minimum absolute atomic E-state index is 0.298. The van der Waals surface area contributed by atoms with E-state index in [2.05, 4.69) is 27.5 Å². The molecule has 5 nitrogen and oxygen atoms in total. The molecular weight excluding hydrogens is 339 g/mol. The second-order valence-corrected chi connectivity index (χ2v) is 6.78. The van der Waals surface area contributed by atoms with E-state index in [1.54, 1.807) is 23.5 Å². The second-order valence-electron chi connectivity index (χ2n) is 5.49. The molecule has 0 spiro atoms. The number of thiazole rings is 1. The van der Waals surface area contributed by atoms with Crippen molar-refractivity contribution in [2.75, 3.05) is 26.2 Å². The van der Waals surface area contributed by atoms with Crippen LogP contribution in [0.3, 0.4) is 0 Å². The van der Waals surface area contributed by atoms with Gasteiger partial charge in [0.25, 0.3) is 0 Å². The number of hydrogen-bond acceptors (Lipinski definition) is 4. The Morgan fingerprint density at radius 2 is 2.16 bits per heavy atom. The predicted molar refractivity (Wildman–Crippen MR) is 101 cm³/mol. The molecule has 7 heteroatoms. The third-order valence-corrected chi connectivity index (χ3v) is 4.60. The number of halogens is 1. The van der Waals surface area contributed by atoms with Crippen molar-refractivity contribution in [1.29, 1.82) is 0 Å². The van der Waals surface area contributed by atoms with Crippen molar-refractivity contribution < 1.29 is 9.13 Å². The van der Waals surface area contributed by atoms with Gasteiger partial charge in [-0.25, -0.2) is 9.37 Å². The highest BCUT2D eigenvalue weighted by Crippen LogP contribution is 2.16. The lowest BCUT2D eigenvalue weighted by atomic mass is 10.3. The molecular formula is C18H25FN4OS. The summed E-state index contributed by atoms with van der Waals surface area (Å²) in [6, 6.07) is 6.13. The number of aromatic nitrogens is 1. The number of rotatable bonds is 8. The SMILES string of the molecule is CCNC(=NCCc1nc(C)c(C)s1)NCCOc1cccc(F)c1. The van der Waals surface area contributed by atoms with E-state index < -0.39 is 0 Å². The molecule has 0 aliphatic heterocycles. The molecule has 0 radical (unpaired) electrons. The Kier molecular flexibility index (Phi) is 7.66. The van der Waals surface area contributed by atoms with Gasteiger partial charge in [-0.3, -0.25) is 4.99 Å². The number of nitrogens with zero attached hydrogens (tertiary/aromatic N) is 2. The predicted octanol–water partition coefficient (Wildman–Crippen LogP) is 3.08. The average Bonchev–Trinajstić information content (AvgIpc) is 2.89. The normalized spacial score (nSPS) is 11.4. The van der Waals surface area contributed by atoms with Crippen LogP contribution in [-0.4, -0.2) is 37.2 Å². The molecule has 1 aromatic carbocycles. The van der Waals surface area contributed by atoms with E-state index in [1.165, 1.54) is 17.0 Å². The van der Waals surface area contributed by atoms with Gasteiger partial charge in [-0.05, 0) is 32.9 Å². The smallest absolute Gasteiger partial charge is 0.191 e. The highest BCUT2D eigenvalue weighted by atomic mass is 32.1. The van der Waals surface area contributed by atoms with Crippen molar-refractivity contribution in [3.05, 3.63) is 45.7 Å². The maximum absolute atomic E-state index is 13.1. The Hall–Kier alpha value is -2.15. The maximum Gasteiger partial charge on any atom is 0.191 e. The summed E-state index contributed by atoms with van der Waals surface area (Å²) in [6.45, 7) is 8.61. The molecule has 1 aromatic heterocycles. The van der Waals surface area contributed by atoms with Gasteiger partial charge in [-0.2, -0.15) is 0 Å². The van der Waals surface area contributed by atoms with Crippen molar-refractivity contribution in [3.8, 4) is 5.75 Å². The fraction of sp³-hybridized carbons (Fsp3) is 0.444. The van der Waals surface area contributed by atoms with Crippen LogP contribution >= 0.6 is 11.3 Å². The van der Waals surface area contributed by atoms with E-state index in [0.29, 0.717) is 25.4 Å². The van der Waals surface area contributed by atoms with Gasteiger partial charge < -0.3 is 15.4 Å². The minimum atomic E-state index is -0.298. The third kappa shape index (κ3) is 6.70. The molecule has 0 bridgehead atoms. The van der Waals surface area contributed by atoms with Crippen LogP contribution in [0.4, 0.5) is 4.39 Å². The van der Waals surface area contributed by atoms with Gasteiger partial charge >= 0.3 is 0 Å². The molecule has 136 valence electrons. The van der Waals surface area contributed by atoms with Crippen LogP contribution in [0.1, 0.15) is 22.5 Å². The zero-order valence-electron chi connectivity index (χ0n) is 14.9. The Morgan fingerprint density at radius 1 is 1.32 bits per heavy atom. The van der Waals surface area contributed by atoms with Gasteiger partial charge in [0.15, 0.2) is 5.96 Å². The van der Waals surface area contributed by atoms with Crippen molar-refractivity contribution in [2.24, 2.45) is 4.99 Å². The van der Waals surface area contributed by atoms with Gasteiger partial charge in [0, 0.05) is 30.5 Å². The molecule has 0 aliphatic carbocycles. The maximum atomic E-state index is 13.1. The average molecular weight is 364 g/mol. The third-order valence-electron chi connectivity index (χ3n) is 3.47. The summed E-state index contributed by atoms with van der Waals surface area (Å²) in [5.74, 6) is 0.974. The first-order chi connectivity index (χ1) is 12.1. The Labute approximate surface area is 152 Å². The number of aryl methyl sites for hydroxylation is 2. The summed E-state index contributed by atoms with van der Waals surface area (Å²) in [7, 11) is 0. The Bertz CT molecular complexity index is 683. The molecule has 2 rings (SSSR count). The lowest BCUT2D eigenvalue weighted by molar-refractivity contribution is 0.320. The lowest BCUT2D eigenvalue weighted by Gasteiger charge is -2.12. The summed E-state index contributed by atoms with van der Waals surface area (Å²) in [5, 5.41) is 7.53. The van der Waals surface area contributed by atoms with Gasteiger partial charge in [-0.15, -0.1) is 11.3 Å². The number of guanidine groups is 1. The molecule has 0 saturated carbocycles. The van der Waals surface area contributed by atoms with Crippen molar-refractivity contribution >= 4 is 17.3 Å². The van der Waals surface area contributed by atoms with E-state index in [0.717, 1.165) is 29.6 Å². The van der Waals surface area contributed by atoms with Gasteiger partial charge in [0.1, 0.15) is 18.2 Å². The summed E-state index contributed by atoms with van der Waals surface area (Å²) < 4.78 is 18.6. The van der Waals surface area contributed by atoms with E-state index in [1.807, 2.05) is 13.8 Å². The first-order valence-corrected chi connectivity index (χ1v) is 9.23. The number of ether oxygens (including phenoxy) is 1. The van der Waals surface area contributed by atoms with Crippen LogP contribution in [0.15, 0.2) is 29.3 Å². The van der Waals surface area contributed by atoms with Crippen LogP contribution in [0.25, 0.3) is 0 Å². The second kappa shape index (κ2) is 9.98. The number of nitrogens with one attached hydrogen (secondary N) is 2. The van der Waals surface area contributed by atoms with E-state index >= 15 is 0 Å². The molecule has 0 aliphatic rings. The highest BCUT2D eigenvalue weighted by Gasteiger charge is 2.03. The number of benzene rings is 1. The Morgan fingerprint density at radius 3 is 2.84 bits per heavy atom. The molecule has 2 aromatic rings. The van der Waals surface area contributed by atoms with Crippen molar-refractivity contribution in [2.45, 2.75) is 27.2 Å². The van der Waals surface area contributed by atoms with Crippen LogP contribution < -0.4 is 15.4 Å². The first kappa shape index (κ1) is 19.2. The summed E-state index contributed by atoms with van der Waals surface area (Å²) in [4.78, 5) is 10.3. The molecule has 0 amide bonds. The van der Waals surface area contributed by atoms with Crippen LogP contribution in [0, 0.1) is 19.7 Å². The van der Waals surface area contributed by atoms with Gasteiger partial charge in [0.05, 0.1) is 17.2 Å². The van der Waals surface area contributed by atoms with Gasteiger partial charge in [-0.1, -0.05) is 6.07 Å². The molecule has 1 heterocycles. The Balaban J connectivity index is 1.75. The lowest BCUT2D eigenvalue weighted by Crippen LogP contribution is -2.39. The zero-order chi connectivity index (χ0) is 18.1. The number of hydrogen-bond donors (Lipinski definition) is 2. The summed E-state index contributed by atoms with van der Waals surface area (Å²) >= 11 is 1.73. The van der Waals surface area contributed by atoms with Gasteiger partial charge in [0.2, 0.25) is 0 Å². The first-order valence-electron chi connectivity index (χ1n) is 8.42. The molecule has 0 saturated heterocycles. The molecule has 25 heavy (non-hydrogen) atoms. The van der Waals surface area contributed by atoms with E-state index in [4.69, 9.17) is 4.74 Å². The van der Waals surface area contributed by atoms with Crippen molar-refractivity contribution in [3.63, 3.8) is 0 Å². The fourth-order valence-corrected chi connectivity index (χ4v) is 3.07. The summed E-state index contributed by atoms with van der Waals surface area (Å²) in [6.07, 6.45) is 0.829. The molecule has 0 atom stereocenters. The quantitative estimate of drug-likeness (QED) is 0.429. The zero-order valence-corrected chi connectivity index (χ0v) is 15.8. The molecule has 2 N–H and O–H groups in total. The monoisotopic (exact) mass is 364 g/mol. The molecule has 0 fully saturated rings. The van der Waals surface area contributed by atoms with Crippen molar-refractivity contribution in [1.82, 2.24) is 15.6 Å².